The number of ether oxygens (including phenoxy) is 1. The van der Waals surface area contributed by atoms with Gasteiger partial charge in [-0.2, -0.15) is 0 Å². The first-order valence-corrected chi connectivity index (χ1v) is 12.6. The van der Waals surface area contributed by atoms with Gasteiger partial charge in [0.05, 0.1) is 12.8 Å². The summed E-state index contributed by atoms with van der Waals surface area (Å²) in [4.78, 5) is 4.84. The molecule has 6 nitrogen and oxygen atoms in total. The van der Waals surface area contributed by atoms with Crippen LogP contribution in [-0.4, -0.2) is 58.7 Å². The molecule has 8 heteroatoms. The van der Waals surface area contributed by atoms with Crippen LogP contribution in [0, 0.1) is 0 Å². The van der Waals surface area contributed by atoms with Gasteiger partial charge in [0.2, 0.25) is 10.0 Å². The van der Waals surface area contributed by atoms with E-state index in [1.165, 1.54) is 11.3 Å². The maximum atomic E-state index is 12.8. The van der Waals surface area contributed by atoms with E-state index in [1.807, 2.05) is 23.6 Å². The van der Waals surface area contributed by atoms with Gasteiger partial charge in [-0.15, -0.1) is 11.3 Å². The zero-order chi connectivity index (χ0) is 20.3. The third-order valence-corrected chi connectivity index (χ3v) is 8.89. The summed E-state index contributed by atoms with van der Waals surface area (Å²) >= 11 is 1.27. The lowest BCUT2D eigenvalue weighted by atomic mass is 9.89. The fourth-order valence-electron chi connectivity index (χ4n) is 4.55. The number of nitrogens with zero attached hydrogens (tertiary/aromatic N) is 2. The smallest absolute Gasteiger partial charge is 0.250 e. The molecule has 2 aliphatic rings. The number of methoxy groups -OCH3 is 1. The summed E-state index contributed by atoms with van der Waals surface area (Å²) in [6.45, 7) is 3.70. The summed E-state index contributed by atoms with van der Waals surface area (Å²) in [5.41, 5.74) is 1.13. The summed E-state index contributed by atoms with van der Waals surface area (Å²) in [6.07, 6.45) is 4.19. The zero-order valence-corrected chi connectivity index (χ0v) is 18.4. The van der Waals surface area contributed by atoms with Crippen LogP contribution in [-0.2, 0) is 10.0 Å². The number of nitrogens with one attached hydrogen (secondary N) is 1. The Morgan fingerprint density at radius 2 is 1.79 bits per heavy atom. The van der Waals surface area contributed by atoms with Crippen molar-refractivity contribution in [1.29, 1.82) is 0 Å². The second-order valence-corrected chi connectivity index (χ2v) is 10.6. The summed E-state index contributed by atoms with van der Waals surface area (Å²) in [5, 5.41) is 1.81. The maximum absolute atomic E-state index is 12.8. The van der Waals surface area contributed by atoms with Crippen molar-refractivity contribution in [3.8, 4) is 5.75 Å². The fourth-order valence-corrected chi connectivity index (χ4v) is 6.86. The molecule has 2 aromatic rings. The molecule has 0 bridgehead atoms. The summed E-state index contributed by atoms with van der Waals surface area (Å²) < 4.78 is 34.4. The van der Waals surface area contributed by atoms with Crippen molar-refractivity contribution in [1.82, 2.24) is 9.62 Å². The Kier molecular flexibility index (Phi) is 6.44. The van der Waals surface area contributed by atoms with Gasteiger partial charge in [0.25, 0.3) is 0 Å². The predicted molar refractivity (Wildman–Crippen MR) is 117 cm³/mol. The van der Waals surface area contributed by atoms with Gasteiger partial charge >= 0.3 is 0 Å². The van der Waals surface area contributed by atoms with Gasteiger partial charge in [-0.05, 0) is 36.4 Å². The van der Waals surface area contributed by atoms with Crippen molar-refractivity contribution in [2.24, 2.45) is 0 Å². The molecule has 1 aromatic heterocycles. The van der Waals surface area contributed by atoms with Gasteiger partial charge in [-0.25, -0.2) is 13.1 Å². The van der Waals surface area contributed by atoms with Crippen LogP contribution >= 0.6 is 11.3 Å². The molecule has 2 atom stereocenters. The molecule has 0 unspecified atom stereocenters. The molecule has 29 heavy (non-hydrogen) atoms. The molecule has 2 heterocycles. The van der Waals surface area contributed by atoms with Gasteiger partial charge in [0, 0.05) is 38.3 Å². The summed E-state index contributed by atoms with van der Waals surface area (Å²) in [5.74, 6) is 0.903. The first-order valence-electron chi connectivity index (χ1n) is 10.3. The Bertz CT molecular complexity index is 894. The van der Waals surface area contributed by atoms with Gasteiger partial charge in [0.1, 0.15) is 9.96 Å². The highest BCUT2D eigenvalue weighted by Gasteiger charge is 2.35. The van der Waals surface area contributed by atoms with Crippen LogP contribution in [0.15, 0.2) is 46.0 Å². The predicted octanol–water partition coefficient (Wildman–Crippen LogP) is 3.17. The van der Waals surface area contributed by atoms with Crippen LogP contribution in [0.3, 0.4) is 0 Å². The molecule has 158 valence electrons. The SMILES string of the molecule is COc1ccccc1N1CCN([C@H]2CCCC[C@@H]2NS(=O)(=O)c2cccs2)CC1. The number of sulfonamides is 1. The highest BCUT2D eigenvalue weighted by molar-refractivity contribution is 7.91. The second kappa shape index (κ2) is 9.04. The average molecular weight is 436 g/mol. The van der Waals surface area contributed by atoms with Gasteiger partial charge in [-0.3, -0.25) is 4.90 Å². The van der Waals surface area contributed by atoms with E-state index in [2.05, 4.69) is 20.6 Å². The third kappa shape index (κ3) is 4.60. The van der Waals surface area contributed by atoms with Gasteiger partial charge in [-0.1, -0.05) is 31.0 Å². The molecule has 2 fully saturated rings. The quantitative estimate of drug-likeness (QED) is 0.755. The van der Waals surface area contributed by atoms with E-state index < -0.39 is 10.0 Å². The van der Waals surface area contributed by atoms with Crippen molar-refractivity contribution in [3.63, 3.8) is 0 Å². The van der Waals surface area contributed by atoms with Crippen LogP contribution in [0.25, 0.3) is 0 Å². The third-order valence-electron chi connectivity index (χ3n) is 6.01. The lowest BCUT2D eigenvalue weighted by Crippen LogP contribution is -2.58. The first-order chi connectivity index (χ1) is 14.1. The topological polar surface area (TPSA) is 61.9 Å². The van der Waals surface area contributed by atoms with Crippen molar-refractivity contribution in [2.45, 2.75) is 42.0 Å². The molecule has 1 aromatic carbocycles. The van der Waals surface area contributed by atoms with E-state index in [9.17, 15) is 8.42 Å². The molecular weight excluding hydrogens is 406 g/mol. The first kappa shape index (κ1) is 20.7. The molecule has 4 rings (SSSR count). The minimum absolute atomic E-state index is 0.0198. The number of hydrogen-bond acceptors (Lipinski definition) is 6. The molecule has 1 aliphatic carbocycles. The zero-order valence-electron chi connectivity index (χ0n) is 16.8. The summed E-state index contributed by atoms with van der Waals surface area (Å²) in [7, 11) is -1.73. The van der Waals surface area contributed by atoms with Gasteiger partial charge in [0.15, 0.2) is 0 Å². The van der Waals surface area contributed by atoms with Crippen molar-refractivity contribution in [2.75, 3.05) is 38.2 Å². The van der Waals surface area contributed by atoms with Crippen molar-refractivity contribution < 1.29 is 13.2 Å². The standard InChI is InChI=1S/C21H29N3O3S2/c1-27-20-10-5-4-9-19(20)24-14-12-23(13-15-24)18-8-3-2-7-17(18)22-29(25,26)21-11-6-16-28-21/h4-6,9-11,16-18,22H,2-3,7-8,12-15H2,1H3/t17-,18-/m0/s1. The van der Waals surface area contributed by atoms with Crippen molar-refractivity contribution in [3.05, 3.63) is 41.8 Å². The normalized spacial score (nSPS) is 23.8. The Hall–Kier alpha value is -1.61. The highest BCUT2D eigenvalue weighted by Crippen LogP contribution is 2.31. The molecule has 1 aliphatic heterocycles. The molecule has 0 spiro atoms. The number of hydrogen-bond donors (Lipinski definition) is 1. The van der Waals surface area contributed by atoms with Crippen LogP contribution in [0.4, 0.5) is 5.69 Å². The molecule has 0 amide bonds. The highest BCUT2D eigenvalue weighted by atomic mass is 32.2. The lowest BCUT2D eigenvalue weighted by molar-refractivity contribution is 0.124. The van der Waals surface area contributed by atoms with Gasteiger partial charge < -0.3 is 9.64 Å². The monoisotopic (exact) mass is 435 g/mol. The van der Waals surface area contributed by atoms with E-state index in [-0.39, 0.29) is 12.1 Å². The molecular formula is C21H29N3O3S2. The minimum atomic E-state index is -3.44. The molecule has 1 saturated heterocycles. The average Bonchev–Trinajstić information content (AvgIpc) is 3.30. The van der Waals surface area contributed by atoms with E-state index in [0.717, 1.165) is 63.3 Å². The van der Waals surface area contributed by atoms with Crippen LogP contribution in [0.1, 0.15) is 25.7 Å². The molecule has 0 radical (unpaired) electrons. The molecule has 1 N–H and O–H groups in total. The number of rotatable bonds is 6. The Morgan fingerprint density at radius 1 is 1.03 bits per heavy atom. The number of anilines is 1. The molecule has 1 saturated carbocycles. The minimum Gasteiger partial charge on any atom is -0.495 e. The summed E-state index contributed by atoms with van der Waals surface area (Å²) in [6, 6.07) is 11.8. The number of piperazine rings is 1. The largest absolute Gasteiger partial charge is 0.495 e. The Morgan fingerprint density at radius 3 is 2.52 bits per heavy atom. The maximum Gasteiger partial charge on any atom is 0.250 e. The lowest BCUT2D eigenvalue weighted by Gasteiger charge is -2.44. The van der Waals surface area contributed by atoms with Crippen molar-refractivity contribution >= 4 is 27.0 Å². The number of benzene rings is 1. The van der Waals surface area contributed by atoms with Crippen LogP contribution in [0.2, 0.25) is 0 Å². The van der Waals surface area contributed by atoms with E-state index >= 15 is 0 Å². The number of para-hydroxylation sites is 2. The van der Waals surface area contributed by atoms with Crippen LogP contribution < -0.4 is 14.4 Å². The Labute approximate surface area is 177 Å². The Balaban J connectivity index is 1.42. The number of thiophene rings is 1. The second-order valence-electron chi connectivity index (χ2n) is 7.71. The van der Waals surface area contributed by atoms with E-state index in [4.69, 9.17) is 4.74 Å². The fraction of sp³-hybridized carbons (Fsp3) is 0.524. The van der Waals surface area contributed by atoms with Crippen LogP contribution in [0.5, 0.6) is 5.75 Å². The van der Waals surface area contributed by atoms with E-state index in [0.29, 0.717) is 4.21 Å². The van der Waals surface area contributed by atoms with E-state index in [1.54, 1.807) is 19.2 Å².